The molecule has 1 amide bonds. The molecule has 1 atom stereocenters. The Morgan fingerprint density at radius 1 is 1.43 bits per heavy atom. The van der Waals surface area contributed by atoms with Crippen molar-refractivity contribution in [2.75, 3.05) is 26.8 Å². The highest BCUT2D eigenvalue weighted by Gasteiger charge is 2.07. The van der Waals surface area contributed by atoms with Crippen molar-refractivity contribution in [2.45, 2.75) is 32.7 Å². The second-order valence-electron chi connectivity index (χ2n) is 3.27. The molecular weight excluding hydrogens is 180 g/mol. The Hall–Kier alpha value is -0.610. The Kier molecular flexibility index (Phi) is 8.57. The minimum absolute atomic E-state index is 0.0200. The molecule has 0 rings (SSSR count). The number of ether oxygens (including phenoxy) is 1. The van der Waals surface area contributed by atoms with E-state index in [1.165, 1.54) is 0 Å². The quantitative estimate of drug-likeness (QED) is 0.564. The smallest absolute Gasteiger partial charge is 0.236 e. The first-order valence-electron chi connectivity index (χ1n) is 5.25. The lowest BCUT2D eigenvalue weighted by molar-refractivity contribution is -0.122. The van der Waals surface area contributed by atoms with Gasteiger partial charge in [0.25, 0.3) is 0 Å². The zero-order valence-electron chi connectivity index (χ0n) is 9.43. The Morgan fingerprint density at radius 3 is 2.71 bits per heavy atom. The molecule has 0 aliphatic carbocycles. The van der Waals surface area contributed by atoms with Crippen LogP contribution in [-0.4, -0.2) is 38.8 Å². The van der Waals surface area contributed by atoms with E-state index in [4.69, 9.17) is 4.74 Å². The van der Waals surface area contributed by atoms with Crippen LogP contribution in [-0.2, 0) is 9.53 Å². The minimum Gasteiger partial charge on any atom is -0.380 e. The average Bonchev–Trinajstić information content (AvgIpc) is 2.21. The molecule has 0 aromatic heterocycles. The van der Waals surface area contributed by atoms with Crippen LogP contribution in [0.2, 0.25) is 0 Å². The van der Waals surface area contributed by atoms with Gasteiger partial charge in [0.2, 0.25) is 5.91 Å². The van der Waals surface area contributed by atoms with Crippen LogP contribution in [0.4, 0.5) is 0 Å². The maximum Gasteiger partial charge on any atom is 0.236 e. The molecule has 0 saturated carbocycles. The molecule has 4 heteroatoms. The lowest BCUT2D eigenvalue weighted by atomic mass is 10.3. The summed E-state index contributed by atoms with van der Waals surface area (Å²) in [6.45, 7) is 5.93. The highest BCUT2D eigenvalue weighted by Crippen LogP contribution is 1.86. The third kappa shape index (κ3) is 6.86. The maximum absolute atomic E-state index is 11.2. The van der Waals surface area contributed by atoms with Crippen molar-refractivity contribution >= 4 is 5.91 Å². The molecule has 0 saturated heterocycles. The largest absolute Gasteiger partial charge is 0.380 e. The number of unbranched alkanes of at least 4 members (excludes halogenated alkanes) is 1. The average molecular weight is 202 g/mol. The van der Waals surface area contributed by atoms with Crippen molar-refractivity contribution in [3.05, 3.63) is 0 Å². The van der Waals surface area contributed by atoms with Crippen LogP contribution >= 0.6 is 0 Å². The van der Waals surface area contributed by atoms with Crippen molar-refractivity contribution in [3.8, 4) is 0 Å². The zero-order valence-corrected chi connectivity index (χ0v) is 9.43. The number of carbonyl (C=O) groups excluding carboxylic acids is 1. The van der Waals surface area contributed by atoms with E-state index in [1.807, 2.05) is 6.92 Å². The van der Waals surface area contributed by atoms with Crippen LogP contribution in [0, 0.1) is 0 Å². The molecule has 0 aromatic carbocycles. The van der Waals surface area contributed by atoms with Crippen LogP contribution in [0.3, 0.4) is 0 Å². The number of hydrogen-bond acceptors (Lipinski definition) is 3. The Bertz CT molecular complexity index is 151. The topological polar surface area (TPSA) is 50.4 Å². The van der Waals surface area contributed by atoms with Gasteiger partial charge < -0.3 is 15.4 Å². The fourth-order valence-corrected chi connectivity index (χ4v) is 0.879. The van der Waals surface area contributed by atoms with Gasteiger partial charge in [0.15, 0.2) is 0 Å². The van der Waals surface area contributed by atoms with E-state index in [-0.39, 0.29) is 11.9 Å². The van der Waals surface area contributed by atoms with E-state index >= 15 is 0 Å². The minimum atomic E-state index is -0.134. The molecule has 2 N–H and O–H groups in total. The van der Waals surface area contributed by atoms with Gasteiger partial charge in [0.1, 0.15) is 0 Å². The van der Waals surface area contributed by atoms with E-state index in [0.717, 1.165) is 19.4 Å². The summed E-state index contributed by atoms with van der Waals surface area (Å²) >= 11 is 0. The maximum atomic E-state index is 11.2. The van der Waals surface area contributed by atoms with Crippen LogP contribution in [0.25, 0.3) is 0 Å². The van der Waals surface area contributed by atoms with E-state index < -0.39 is 0 Å². The molecule has 0 aliphatic heterocycles. The lowest BCUT2D eigenvalue weighted by Gasteiger charge is -2.10. The lowest BCUT2D eigenvalue weighted by Crippen LogP contribution is -2.41. The Balaban J connectivity index is 3.23. The number of likely N-dealkylation sites (N-methyl/N-ethyl adjacent to an activating group) is 1. The summed E-state index contributed by atoms with van der Waals surface area (Å²) in [5.74, 6) is 0.0200. The van der Waals surface area contributed by atoms with Gasteiger partial charge in [-0.15, -0.1) is 0 Å². The third-order valence-corrected chi connectivity index (χ3v) is 2.01. The molecular formula is C10H22N2O2. The van der Waals surface area contributed by atoms with Crippen molar-refractivity contribution in [3.63, 3.8) is 0 Å². The SMILES string of the molecule is CCCCOCCNC(=O)C(C)NC. The second-order valence-corrected chi connectivity index (χ2v) is 3.27. The predicted octanol–water partition coefficient (Wildman–Crippen LogP) is 0.527. The van der Waals surface area contributed by atoms with Gasteiger partial charge in [-0.2, -0.15) is 0 Å². The normalized spacial score (nSPS) is 12.5. The fraction of sp³-hybridized carbons (Fsp3) is 0.900. The van der Waals surface area contributed by atoms with E-state index in [0.29, 0.717) is 13.2 Å². The first-order chi connectivity index (χ1) is 6.72. The summed E-state index contributed by atoms with van der Waals surface area (Å²) < 4.78 is 5.30. The van der Waals surface area contributed by atoms with Gasteiger partial charge >= 0.3 is 0 Å². The van der Waals surface area contributed by atoms with Crippen LogP contribution < -0.4 is 10.6 Å². The van der Waals surface area contributed by atoms with Crippen LogP contribution in [0.15, 0.2) is 0 Å². The Labute approximate surface area is 86.4 Å². The fourth-order valence-electron chi connectivity index (χ4n) is 0.879. The number of rotatable bonds is 8. The van der Waals surface area contributed by atoms with Gasteiger partial charge in [0.05, 0.1) is 12.6 Å². The monoisotopic (exact) mass is 202 g/mol. The van der Waals surface area contributed by atoms with Crippen molar-refractivity contribution in [2.24, 2.45) is 0 Å². The standard InChI is InChI=1S/C10H22N2O2/c1-4-5-7-14-8-6-12-10(13)9(2)11-3/h9,11H,4-8H2,1-3H3,(H,12,13). The van der Waals surface area contributed by atoms with Gasteiger partial charge in [-0.25, -0.2) is 0 Å². The molecule has 0 fully saturated rings. The molecule has 14 heavy (non-hydrogen) atoms. The molecule has 84 valence electrons. The Morgan fingerprint density at radius 2 is 2.14 bits per heavy atom. The summed E-state index contributed by atoms with van der Waals surface area (Å²) in [4.78, 5) is 11.2. The molecule has 0 aliphatic rings. The highest BCUT2D eigenvalue weighted by atomic mass is 16.5. The zero-order chi connectivity index (χ0) is 10.8. The summed E-state index contributed by atoms with van der Waals surface area (Å²) in [6, 6.07) is -0.134. The van der Waals surface area contributed by atoms with Gasteiger partial charge in [-0.1, -0.05) is 13.3 Å². The summed E-state index contributed by atoms with van der Waals surface area (Å²) in [5.41, 5.74) is 0. The molecule has 0 radical (unpaired) electrons. The molecule has 0 heterocycles. The molecule has 0 aromatic rings. The molecule has 4 nitrogen and oxygen atoms in total. The van der Waals surface area contributed by atoms with E-state index in [1.54, 1.807) is 7.05 Å². The van der Waals surface area contributed by atoms with Crippen molar-refractivity contribution < 1.29 is 9.53 Å². The first kappa shape index (κ1) is 13.4. The highest BCUT2D eigenvalue weighted by molar-refractivity contribution is 5.81. The molecule has 0 spiro atoms. The van der Waals surface area contributed by atoms with Crippen molar-refractivity contribution in [1.29, 1.82) is 0 Å². The summed E-state index contributed by atoms with van der Waals surface area (Å²) in [7, 11) is 1.77. The second kappa shape index (κ2) is 8.97. The van der Waals surface area contributed by atoms with E-state index in [9.17, 15) is 4.79 Å². The summed E-state index contributed by atoms with van der Waals surface area (Å²) in [6.07, 6.45) is 2.23. The summed E-state index contributed by atoms with van der Waals surface area (Å²) in [5, 5.41) is 5.66. The first-order valence-corrected chi connectivity index (χ1v) is 5.25. The number of carbonyl (C=O) groups is 1. The van der Waals surface area contributed by atoms with Crippen molar-refractivity contribution in [1.82, 2.24) is 10.6 Å². The third-order valence-electron chi connectivity index (χ3n) is 2.01. The van der Waals surface area contributed by atoms with Gasteiger partial charge in [0, 0.05) is 13.2 Å². The number of nitrogens with one attached hydrogen (secondary N) is 2. The number of amides is 1. The predicted molar refractivity (Wildman–Crippen MR) is 57.3 cm³/mol. The van der Waals surface area contributed by atoms with Gasteiger partial charge in [-0.3, -0.25) is 4.79 Å². The molecule has 0 bridgehead atoms. The van der Waals surface area contributed by atoms with Gasteiger partial charge in [-0.05, 0) is 20.4 Å². The van der Waals surface area contributed by atoms with Crippen LogP contribution in [0.1, 0.15) is 26.7 Å². The van der Waals surface area contributed by atoms with E-state index in [2.05, 4.69) is 17.6 Å². The van der Waals surface area contributed by atoms with Crippen LogP contribution in [0.5, 0.6) is 0 Å². The molecule has 1 unspecified atom stereocenters. The number of hydrogen-bond donors (Lipinski definition) is 2.